The van der Waals surface area contributed by atoms with Crippen LogP contribution in [0.15, 0.2) is 12.1 Å². The number of fused-ring (bicyclic) bond motifs is 2. The second kappa shape index (κ2) is 4.29. The van der Waals surface area contributed by atoms with Crippen LogP contribution >= 0.6 is 11.6 Å². The van der Waals surface area contributed by atoms with Crippen LogP contribution in [0, 0.1) is 18.3 Å². The number of nitrogens with zero attached hydrogens (tertiary/aromatic N) is 2. The van der Waals surface area contributed by atoms with E-state index in [9.17, 15) is 0 Å². The molecule has 0 spiro atoms. The van der Waals surface area contributed by atoms with E-state index in [2.05, 4.69) is 4.98 Å². The van der Waals surface area contributed by atoms with Crippen molar-refractivity contribution in [3.05, 3.63) is 39.4 Å². The number of anilines is 2. The third kappa shape index (κ3) is 1.74. The lowest BCUT2D eigenvalue weighted by Crippen LogP contribution is -2.12. The fourth-order valence-electron chi connectivity index (χ4n) is 2.37. The van der Waals surface area contributed by atoms with Crippen LogP contribution in [-0.2, 0) is 6.42 Å². The van der Waals surface area contributed by atoms with Gasteiger partial charge in [0.2, 0.25) is 5.88 Å². The number of aryl methyl sites for hydroxylation is 1. The topological polar surface area (TPSA) is 98.0 Å². The average molecular weight is 287 g/mol. The summed E-state index contributed by atoms with van der Waals surface area (Å²) in [7, 11) is 0. The van der Waals surface area contributed by atoms with E-state index in [1.165, 1.54) is 0 Å². The first-order valence-electron chi connectivity index (χ1n) is 5.96. The highest BCUT2D eigenvalue weighted by molar-refractivity contribution is 6.30. The summed E-state index contributed by atoms with van der Waals surface area (Å²) in [6.07, 6.45) is 0.514. The third-order valence-corrected chi connectivity index (χ3v) is 3.54. The van der Waals surface area contributed by atoms with Gasteiger partial charge < -0.3 is 16.2 Å². The lowest BCUT2D eigenvalue weighted by molar-refractivity contribution is 0.438. The highest BCUT2D eigenvalue weighted by Crippen LogP contribution is 2.42. The molecule has 1 aliphatic rings. The SMILES string of the molecule is Cc1cc(Cl)cc2c1Oc1nc(N)c(C#N)c(N)c1C2. The Balaban J connectivity index is 2.21. The number of aromatic nitrogens is 1. The van der Waals surface area contributed by atoms with E-state index in [0.29, 0.717) is 28.6 Å². The third-order valence-electron chi connectivity index (χ3n) is 3.32. The van der Waals surface area contributed by atoms with Gasteiger partial charge in [0, 0.05) is 22.6 Å². The van der Waals surface area contributed by atoms with Crippen molar-refractivity contribution in [3.8, 4) is 17.7 Å². The molecule has 100 valence electrons. The molecule has 0 unspecified atom stereocenters. The fraction of sp³-hybridized carbons (Fsp3) is 0.143. The first-order chi connectivity index (χ1) is 9.51. The molecule has 1 aromatic carbocycles. The second-order valence-electron chi connectivity index (χ2n) is 4.67. The molecule has 6 heteroatoms. The number of nitrogen functional groups attached to an aromatic ring is 2. The number of halogens is 1. The van der Waals surface area contributed by atoms with E-state index in [-0.39, 0.29) is 11.4 Å². The Kier molecular flexibility index (Phi) is 2.70. The van der Waals surface area contributed by atoms with Gasteiger partial charge in [0.15, 0.2) is 0 Å². The van der Waals surface area contributed by atoms with Crippen LogP contribution in [0.1, 0.15) is 22.3 Å². The molecule has 4 N–H and O–H groups in total. The van der Waals surface area contributed by atoms with Gasteiger partial charge in [-0.3, -0.25) is 0 Å². The summed E-state index contributed by atoms with van der Waals surface area (Å²) in [6.45, 7) is 1.91. The average Bonchev–Trinajstić information content (AvgIpc) is 2.38. The van der Waals surface area contributed by atoms with Crippen LogP contribution in [0.25, 0.3) is 0 Å². The summed E-state index contributed by atoms with van der Waals surface area (Å²) in [6, 6.07) is 5.62. The normalized spacial score (nSPS) is 12.1. The number of nitriles is 1. The molecule has 0 fully saturated rings. The Morgan fingerprint density at radius 3 is 2.85 bits per heavy atom. The summed E-state index contributed by atoms with van der Waals surface area (Å²) < 4.78 is 5.79. The number of ether oxygens (including phenoxy) is 1. The van der Waals surface area contributed by atoms with E-state index in [1.54, 1.807) is 0 Å². The van der Waals surface area contributed by atoms with Gasteiger partial charge in [0.05, 0.1) is 5.69 Å². The Bertz CT molecular complexity index is 780. The minimum absolute atomic E-state index is 0.0822. The minimum atomic E-state index is 0.0822. The number of benzene rings is 1. The van der Waals surface area contributed by atoms with Gasteiger partial charge >= 0.3 is 0 Å². The predicted molar refractivity (Wildman–Crippen MR) is 76.8 cm³/mol. The molecule has 20 heavy (non-hydrogen) atoms. The van der Waals surface area contributed by atoms with E-state index < -0.39 is 0 Å². The molecule has 5 nitrogen and oxygen atoms in total. The summed E-state index contributed by atoms with van der Waals surface area (Å²) in [4.78, 5) is 4.13. The van der Waals surface area contributed by atoms with Crippen LogP contribution in [0.3, 0.4) is 0 Å². The largest absolute Gasteiger partial charge is 0.438 e. The maximum atomic E-state index is 9.07. The zero-order chi connectivity index (χ0) is 14.4. The molecule has 2 heterocycles. The minimum Gasteiger partial charge on any atom is -0.438 e. The van der Waals surface area contributed by atoms with Crippen molar-refractivity contribution in [2.75, 3.05) is 11.5 Å². The number of nitrogens with two attached hydrogens (primary N) is 2. The smallest absolute Gasteiger partial charge is 0.226 e. The highest BCUT2D eigenvalue weighted by Gasteiger charge is 2.25. The Morgan fingerprint density at radius 1 is 1.40 bits per heavy atom. The molecule has 0 saturated carbocycles. The maximum absolute atomic E-state index is 9.07. The fourth-order valence-corrected chi connectivity index (χ4v) is 2.67. The van der Waals surface area contributed by atoms with E-state index in [0.717, 1.165) is 16.9 Å². The van der Waals surface area contributed by atoms with Crippen molar-refractivity contribution in [2.45, 2.75) is 13.3 Å². The number of hydrogen-bond acceptors (Lipinski definition) is 5. The second-order valence-corrected chi connectivity index (χ2v) is 5.11. The van der Waals surface area contributed by atoms with Gasteiger partial charge in [-0.1, -0.05) is 11.6 Å². The zero-order valence-corrected chi connectivity index (χ0v) is 11.5. The number of pyridine rings is 1. The van der Waals surface area contributed by atoms with Gasteiger partial charge in [-0.15, -0.1) is 0 Å². The lowest BCUT2D eigenvalue weighted by Gasteiger charge is -2.23. The van der Waals surface area contributed by atoms with Crippen LogP contribution in [0.2, 0.25) is 5.02 Å². The van der Waals surface area contributed by atoms with Crippen LogP contribution in [0.5, 0.6) is 11.6 Å². The molecule has 0 atom stereocenters. The molecule has 1 aliphatic heterocycles. The molecule has 1 aromatic heterocycles. The van der Waals surface area contributed by atoms with Gasteiger partial charge in [-0.25, -0.2) is 0 Å². The van der Waals surface area contributed by atoms with Crippen molar-refractivity contribution in [2.24, 2.45) is 0 Å². The Morgan fingerprint density at radius 2 is 2.15 bits per heavy atom. The Labute approximate surface area is 120 Å². The van der Waals surface area contributed by atoms with Crippen molar-refractivity contribution in [3.63, 3.8) is 0 Å². The van der Waals surface area contributed by atoms with Crippen molar-refractivity contribution in [1.82, 2.24) is 4.98 Å². The molecule has 0 saturated heterocycles. The van der Waals surface area contributed by atoms with Crippen molar-refractivity contribution in [1.29, 1.82) is 5.26 Å². The molecule has 0 aliphatic carbocycles. The first-order valence-corrected chi connectivity index (χ1v) is 6.34. The first kappa shape index (κ1) is 12.6. The van der Waals surface area contributed by atoms with E-state index in [1.807, 2.05) is 25.1 Å². The van der Waals surface area contributed by atoms with Crippen molar-refractivity contribution < 1.29 is 4.74 Å². The predicted octanol–water partition coefficient (Wildman–Crippen LogP) is 2.78. The highest BCUT2D eigenvalue weighted by atomic mass is 35.5. The Hall–Kier alpha value is -2.45. The van der Waals surface area contributed by atoms with E-state index >= 15 is 0 Å². The molecule has 3 rings (SSSR count). The van der Waals surface area contributed by atoms with Gasteiger partial charge in [-0.2, -0.15) is 10.2 Å². The van der Waals surface area contributed by atoms with Crippen LogP contribution in [-0.4, -0.2) is 4.98 Å². The van der Waals surface area contributed by atoms with Crippen LogP contribution in [0.4, 0.5) is 11.5 Å². The van der Waals surface area contributed by atoms with E-state index in [4.69, 9.17) is 33.1 Å². The quantitative estimate of drug-likeness (QED) is 0.662. The molecule has 0 bridgehead atoms. The molecule has 0 radical (unpaired) electrons. The molecular weight excluding hydrogens is 276 g/mol. The van der Waals surface area contributed by atoms with Gasteiger partial charge in [0.25, 0.3) is 0 Å². The van der Waals surface area contributed by atoms with Crippen molar-refractivity contribution >= 4 is 23.1 Å². The molecule has 0 amide bonds. The summed E-state index contributed by atoms with van der Waals surface area (Å²) in [5.74, 6) is 1.16. The number of hydrogen-bond donors (Lipinski definition) is 2. The maximum Gasteiger partial charge on any atom is 0.226 e. The molecule has 2 aromatic rings. The zero-order valence-electron chi connectivity index (χ0n) is 10.7. The molecular formula is C14H11ClN4O. The lowest BCUT2D eigenvalue weighted by atomic mass is 9.97. The van der Waals surface area contributed by atoms with Crippen LogP contribution < -0.4 is 16.2 Å². The standard InChI is InChI=1S/C14H11ClN4O/c1-6-2-8(15)3-7-4-9-11(17)10(5-16)13(18)19-14(9)20-12(6)7/h2-3H,4H2,1H3,(H4,17,18,19). The summed E-state index contributed by atoms with van der Waals surface area (Å²) >= 11 is 6.06. The van der Waals surface area contributed by atoms with Gasteiger partial charge in [0.1, 0.15) is 23.2 Å². The monoisotopic (exact) mass is 286 g/mol. The number of rotatable bonds is 0. The summed E-state index contributed by atoms with van der Waals surface area (Å²) in [5, 5.41) is 9.71. The summed E-state index contributed by atoms with van der Waals surface area (Å²) in [5.41, 5.74) is 14.7. The van der Waals surface area contributed by atoms with Gasteiger partial charge in [-0.05, 0) is 24.6 Å².